The Morgan fingerprint density at radius 2 is 2.03 bits per heavy atom. The monoisotopic (exact) mass is 486 g/mol. The van der Waals surface area contributed by atoms with Crippen molar-refractivity contribution < 1.29 is 14.3 Å². The van der Waals surface area contributed by atoms with Gasteiger partial charge in [0.25, 0.3) is 5.95 Å². The lowest BCUT2D eigenvalue weighted by atomic mass is 10.3. The quantitative estimate of drug-likeness (QED) is 0.422. The van der Waals surface area contributed by atoms with Crippen LogP contribution in [-0.2, 0) is 18.4 Å². The van der Waals surface area contributed by atoms with Crippen molar-refractivity contribution in [3.8, 4) is 12.0 Å². The molecule has 0 atom stereocenters. The van der Waals surface area contributed by atoms with Gasteiger partial charge in [-0.05, 0) is 57.0 Å². The summed E-state index contributed by atoms with van der Waals surface area (Å²) in [6.45, 7) is 2.38. The first-order chi connectivity index (χ1) is 15.1. The van der Waals surface area contributed by atoms with Gasteiger partial charge < -0.3 is 9.47 Å². The van der Waals surface area contributed by atoms with Gasteiger partial charge in [-0.2, -0.15) is 4.98 Å². The highest BCUT2D eigenvalue weighted by molar-refractivity contribution is 9.10. The average molecular weight is 487 g/mol. The van der Waals surface area contributed by atoms with Crippen LogP contribution < -0.4 is 10.1 Å². The number of halogens is 1. The molecule has 0 aliphatic rings. The number of ether oxygens (including phenoxy) is 2. The Labute approximate surface area is 185 Å². The van der Waals surface area contributed by atoms with Gasteiger partial charge in [-0.1, -0.05) is 24.2 Å². The van der Waals surface area contributed by atoms with E-state index in [-0.39, 0.29) is 6.61 Å². The molecule has 1 aromatic carbocycles. The minimum absolute atomic E-state index is 0.117. The van der Waals surface area contributed by atoms with Crippen molar-refractivity contribution in [2.24, 2.45) is 7.05 Å². The van der Waals surface area contributed by atoms with E-state index in [1.165, 1.54) is 4.68 Å². The summed E-state index contributed by atoms with van der Waals surface area (Å²) in [5, 5.41) is 14.3. The van der Waals surface area contributed by atoms with Gasteiger partial charge >= 0.3 is 12.1 Å². The Morgan fingerprint density at radius 3 is 2.81 bits per heavy atom. The first-order valence-electron chi connectivity index (χ1n) is 9.49. The molecule has 31 heavy (non-hydrogen) atoms. The van der Waals surface area contributed by atoms with E-state index in [0.29, 0.717) is 35.6 Å². The number of hydrogen-bond donors (Lipinski definition) is 1. The number of hydrogen-bond acceptors (Lipinski definition) is 8. The van der Waals surface area contributed by atoms with Crippen LogP contribution in [0.15, 0.2) is 40.9 Å². The fourth-order valence-corrected chi connectivity index (χ4v) is 3.30. The van der Waals surface area contributed by atoms with Crippen molar-refractivity contribution in [1.82, 2.24) is 34.7 Å². The number of amides is 1. The van der Waals surface area contributed by atoms with Crippen molar-refractivity contribution in [2.75, 3.05) is 11.9 Å². The largest absolute Gasteiger partial charge is 0.458 e. The molecule has 11 nitrogen and oxygen atoms in total. The number of fused-ring (bicyclic) bond motifs is 1. The maximum atomic E-state index is 11.8. The lowest BCUT2D eigenvalue weighted by molar-refractivity contribution is 0.161. The minimum atomic E-state index is -0.547. The molecule has 0 radical (unpaired) electrons. The van der Waals surface area contributed by atoms with E-state index >= 15 is 0 Å². The molecule has 0 fully saturated rings. The third-order valence-corrected chi connectivity index (χ3v) is 4.87. The van der Waals surface area contributed by atoms with Crippen LogP contribution in [0.2, 0.25) is 0 Å². The number of nitrogens with zero attached hydrogens (tertiary/aromatic N) is 7. The number of aryl methyl sites for hydroxylation is 1. The highest BCUT2D eigenvalue weighted by Gasteiger charge is 2.19. The first kappa shape index (κ1) is 20.7. The van der Waals surface area contributed by atoms with Gasteiger partial charge in [0.05, 0.1) is 17.8 Å². The molecule has 3 heterocycles. The molecular formula is C19H19BrN8O3. The Kier molecular flexibility index (Phi) is 6.07. The summed E-state index contributed by atoms with van der Waals surface area (Å²) in [4.78, 5) is 20.7. The molecule has 0 spiro atoms. The van der Waals surface area contributed by atoms with E-state index in [2.05, 4.69) is 46.7 Å². The molecule has 1 N–H and O–H groups in total. The van der Waals surface area contributed by atoms with Crippen LogP contribution in [0.3, 0.4) is 0 Å². The molecule has 4 aromatic rings. The van der Waals surface area contributed by atoms with Crippen LogP contribution in [-0.4, -0.2) is 47.4 Å². The molecule has 0 bridgehead atoms. The highest BCUT2D eigenvalue weighted by Crippen LogP contribution is 2.30. The second kappa shape index (κ2) is 9.08. The number of tetrazole rings is 1. The van der Waals surface area contributed by atoms with Crippen LogP contribution in [0, 0.1) is 0 Å². The van der Waals surface area contributed by atoms with Crippen LogP contribution in [0.25, 0.3) is 17.0 Å². The van der Waals surface area contributed by atoms with E-state index in [1.807, 2.05) is 25.1 Å². The minimum Gasteiger partial charge on any atom is -0.458 e. The van der Waals surface area contributed by atoms with E-state index in [4.69, 9.17) is 9.47 Å². The summed E-state index contributed by atoms with van der Waals surface area (Å²) in [6.07, 6.45) is 0.196. The number of rotatable bonds is 7. The summed E-state index contributed by atoms with van der Waals surface area (Å²) in [5.74, 6) is 0.827. The third kappa shape index (κ3) is 4.48. The molecule has 0 saturated carbocycles. The van der Waals surface area contributed by atoms with Crippen molar-refractivity contribution in [1.29, 1.82) is 0 Å². The van der Waals surface area contributed by atoms with Gasteiger partial charge in [0, 0.05) is 11.5 Å². The molecule has 0 unspecified atom stereocenters. The summed E-state index contributed by atoms with van der Waals surface area (Å²) in [7, 11) is 1.73. The normalized spacial score (nSPS) is 10.9. The number of benzene rings is 1. The maximum absolute atomic E-state index is 11.8. The zero-order valence-corrected chi connectivity index (χ0v) is 18.4. The summed E-state index contributed by atoms with van der Waals surface area (Å²) < 4.78 is 15.1. The standard InChI is InChI=1S/C19H19BrN8O3/c1-3-10-30-19(29)22-15-9-4-6-12(21-15)11-31-18-23-16-13(20)7-5-8-14(16)28(18)17-24-25-26-27(17)2/h4-9H,3,10-11H2,1-2H3,(H,21,22,29). The Bertz CT molecular complexity index is 1220. The molecule has 0 aliphatic heterocycles. The van der Waals surface area contributed by atoms with E-state index in [1.54, 1.807) is 29.8 Å². The molecule has 160 valence electrons. The number of carbonyl (C=O) groups is 1. The fraction of sp³-hybridized carbons (Fsp3) is 0.263. The number of nitrogens with one attached hydrogen (secondary N) is 1. The molecule has 0 saturated heterocycles. The second-order valence-electron chi connectivity index (χ2n) is 6.50. The predicted molar refractivity (Wildman–Crippen MR) is 115 cm³/mol. The van der Waals surface area contributed by atoms with Gasteiger partial charge in [0.1, 0.15) is 17.9 Å². The lowest BCUT2D eigenvalue weighted by Gasteiger charge is -2.09. The van der Waals surface area contributed by atoms with Gasteiger partial charge in [-0.15, -0.1) is 0 Å². The van der Waals surface area contributed by atoms with E-state index in [0.717, 1.165) is 16.4 Å². The Hall–Kier alpha value is -3.54. The van der Waals surface area contributed by atoms with Crippen LogP contribution in [0.5, 0.6) is 6.01 Å². The Balaban J connectivity index is 1.59. The number of aromatic nitrogens is 7. The van der Waals surface area contributed by atoms with Crippen molar-refractivity contribution in [2.45, 2.75) is 20.0 Å². The van der Waals surface area contributed by atoms with Crippen molar-refractivity contribution in [3.05, 3.63) is 46.6 Å². The first-order valence-corrected chi connectivity index (χ1v) is 10.3. The predicted octanol–water partition coefficient (Wildman–Crippen LogP) is 3.24. The smallest absolute Gasteiger partial charge is 0.412 e. The molecular weight excluding hydrogens is 468 g/mol. The average Bonchev–Trinajstić information content (AvgIpc) is 3.34. The molecule has 12 heteroatoms. The van der Waals surface area contributed by atoms with Gasteiger partial charge in [0.15, 0.2) is 0 Å². The van der Waals surface area contributed by atoms with E-state index < -0.39 is 6.09 Å². The van der Waals surface area contributed by atoms with Gasteiger partial charge in [0.2, 0.25) is 0 Å². The van der Waals surface area contributed by atoms with Crippen molar-refractivity contribution >= 4 is 38.9 Å². The summed E-state index contributed by atoms with van der Waals surface area (Å²) in [6, 6.07) is 11.2. The zero-order valence-electron chi connectivity index (χ0n) is 16.8. The number of para-hydroxylation sites is 1. The molecule has 4 rings (SSSR count). The zero-order chi connectivity index (χ0) is 21.8. The number of pyridine rings is 1. The fourth-order valence-electron chi connectivity index (χ4n) is 2.85. The molecule has 3 aromatic heterocycles. The second-order valence-corrected chi connectivity index (χ2v) is 7.36. The topological polar surface area (TPSA) is 122 Å². The van der Waals surface area contributed by atoms with Crippen LogP contribution in [0.4, 0.5) is 10.6 Å². The van der Waals surface area contributed by atoms with Gasteiger partial charge in [-0.3, -0.25) is 5.32 Å². The van der Waals surface area contributed by atoms with Gasteiger partial charge in [-0.25, -0.2) is 19.0 Å². The van der Waals surface area contributed by atoms with E-state index in [9.17, 15) is 4.79 Å². The van der Waals surface area contributed by atoms with Crippen molar-refractivity contribution in [3.63, 3.8) is 0 Å². The van der Waals surface area contributed by atoms with Crippen LogP contribution >= 0.6 is 15.9 Å². The molecule has 0 aliphatic carbocycles. The lowest BCUT2D eigenvalue weighted by Crippen LogP contribution is -2.15. The summed E-state index contributed by atoms with van der Waals surface area (Å²) >= 11 is 3.52. The third-order valence-electron chi connectivity index (χ3n) is 4.23. The number of imidazole rings is 1. The Morgan fingerprint density at radius 1 is 1.19 bits per heavy atom. The SMILES string of the molecule is CCCOC(=O)Nc1cccc(COc2nc3c(Br)cccc3n2-c2nnnn2C)n1. The summed E-state index contributed by atoms with van der Waals surface area (Å²) in [5.41, 5.74) is 2.09. The number of anilines is 1. The van der Waals surface area contributed by atoms with Crippen LogP contribution in [0.1, 0.15) is 19.0 Å². The highest BCUT2D eigenvalue weighted by atomic mass is 79.9. The number of carbonyl (C=O) groups excluding carboxylic acids is 1. The maximum Gasteiger partial charge on any atom is 0.412 e. The molecule has 1 amide bonds.